The first-order valence-electron chi connectivity index (χ1n) is 5.63. The van der Waals surface area contributed by atoms with Crippen LogP contribution in [0.25, 0.3) is 0 Å². The van der Waals surface area contributed by atoms with Gasteiger partial charge < -0.3 is 4.74 Å². The van der Waals surface area contributed by atoms with Crippen LogP contribution in [0.1, 0.15) is 24.8 Å². The van der Waals surface area contributed by atoms with Crippen molar-refractivity contribution in [1.29, 1.82) is 0 Å². The van der Waals surface area contributed by atoms with Crippen molar-refractivity contribution in [2.24, 2.45) is 11.0 Å². The van der Waals surface area contributed by atoms with Gasteiger partial charge in [-0.1, -0.05) is 6.42 Å². The van der Waals surface area contributed by atoms with E-state index in [-0.39, 0.29) is 11.9 Å². The molecule has 0 radical (unpaired) electrons. The van der Waals surface area contributed by atoms with Gasteiger partial charge in [-0.2, -0.15) is 5.10 Å². The topological polar surface area (TPSA) is 50.7 Å². The van der Waals surface area contributed by atoms with E-state index in [1.807, 2.05) is 18.2 Å². The van der Waals surface area contributed by atoms with E-state index in [0.29, 0.717) is 5.75 Å². The first-order valence-corrected chi connectivity index (χ1v) is 6.45. The van der Waals surface area contributed by atoms with Crippen molar-refractivity contribution in [3.05, 3.63) is 23.8 Å². The van der Waals surface area contributed by atoms with Gasteiger partial charge in [0.1, 0.15) is 5.75 Å². The molecule has 0 unspecified atom stereocenters. The Morgan fingerprint density at radius 2 is 2.35 bits per heavy atom. The van der Waals surface area contributed by atoms with Crippen molar-refractivity contribution in [2.45, 2.75) is 24.2 Å². The van der Waals surface area contributed by atoms with Gasteiger partial charge in [0.25, 0.3) is 0 Å². The fourth-order valence-electron chi connectivity index (χ4n) is 1.79. The Balaban J connectivity index is 1.75. The van der Waals surface area contributed by atoms with E-state index in [4.69, 9.17) is 4.74 Å². The van der Waals surface area contributed by atoms with Crippen molar-refractivity contribution in [1.82, 2.24) is 4.83 Å². The summed E-state index contributed by atoms with van der Waals surface area (Å²) in [4.78, 5) is 15.5. The number of rotatable bonds is 2. The molecular weight excluding hydrogens is 236 g/mol. The van der Waals surface area contributed by atoms with Gasteiger partial charge in [0.2, 0.25) is 0 Å². The highest BCUT2D eigenvalue weighted by atomic mass is 32.2. The summed E-state index contributed by atoms with van der Waals surface area (Å²) in [6, 6.07) is 5.60. The summed E-state index contributed by atoms with van der Waals surface area (Å²) in [6.45, 7) is 0. The molecule has 0 aromatic heterocycles. The van der Waals surface area contributed by atoms with Crippen LogP contribution < -0.4 is 9.57 Å². The first-order chi connectivity index (χ1) is 8.33. The van der Waals surface area contributed by atoms with Crippen LogP contribution in [-0.4, -0.2) is 12.2 Å². The van der Waals surface area contributed by atoms with E-state index in [0.717, 1.165) is 29.7 Å². The van der Waals surface area contributed by atoms with Crippen LogP contribution in [0.15, 0.2) is 28.2 Å². The number of hydrazone groups is 1. The number of ether oxygens (including phenoxy) is 1. The second kappa shape index (κ2) is 4.41. The SMILES string of the molecule is O=C(Oc1ccc2c(c1)SNN=C2)C1CCC1. The quantitative estimate of drug-likeness (QED) is 0.496. The maximum atomic E-state index is 11.7. The van der Waals surface area contributed by atoms with Crippen LogP contribution >= 0.6 is 11.9 Å². The molecule has 1 aliphatic heterocycles. The number of carbonyl (C=O) groups is 1. The minimum absolute atomic E-state index is 0.0985. The number of hydrogen-bond donors (Lipinski definition) is 1. The van der Waals surface area contributed by atoms with Gasteiger partial charge in [-0.05, 0) is 31.0 Å². The zero-order valence-electron chi connectivity index (χ0n) is 9.18. The standard InChI is InChI=1S/C12H12N2O2S/c15-12(8-2-1-3-8)16-10-5-4-9-7-13-14-17-11(9)6-10/h4-8,14H,1-3H2. The summed E-state index contributed by atoms with van der Waals surface area (Å²) >= 11 is 1.42. The number of hydrogen-bond acceptors (Lipinski definition) is 5. The number of nitrogens with one attached hydrogen (secondary N) is 1. The molecule has 4 nitrogen and oxygen atoms in total. The zero-order chi connectivity index (χ0) is 11.7. The Morgan fingerprint density at radius 1 is 1.47 bits per heavy atom. The lowest BCUT2D eigenvalue weighted by Gasteiger charge is -2.23. The maximum Gasteiger partial charge on any atom is 0.314 e. The average Bonchev–Trinajstić information content (AvgIpc) is 2.26. The molecule has 2 aliphatic rings. The highest BCUT2D eigenvalue weighted by Gasteiger charge is 2.27. The van der Waals surface area contributed by atoms with E-state index in [2.05, 4.69) is 9.93 Å². The molecule has 0 saturated heterocycles. The van der Waals surface area contributed by atoms with E-state index in [9.17, 15) is 4.79 Å². The number of esters is 1. The van der Waals surface area contributed by atoms with Gasteiger partial charge in [0, 0.05) is 22.4 Å². The summed E-state index contributed by atoms with van der Waals surface area (Å²) in [7, 11) is 0. The molecule has 88 valence electrons. The summed E-state index contributed by atoms with van der Waals surface area (Å²) in [5.74, 6) is 0.627. The van der Waals surface area contributed by atoms with E-state index < -0.39 is 0 Å². The molecule has 3 rings (SSSR count). The molecule has 5 heteroatoms. The maximum absolute atomic E-state index is 11.7. The second-order valence-electron chi connectivity index (χ2n) is 4.20. The highest BCUT2D eigenvalue weighted by Crippen LogP contribution is 2.30. The Kier molecular flexibility index (Phi) is 2.76. The number of nitrogens with zero attached hydrogens (tertiary/aromatic N) is 1. The predicted octanol–water partition coefficient (Wildman–Crippen LogP) is 2.34. The monoisotopic (exact) mass is 248 g/mol. The molecule has 1 N–H and O–H groups in total. The third-order valence-electron chi connectivity index (χ3n) is 3.05. The predicted molar refractivity (Wildman–Crippen MR) is 66.0 cm³/mol. The Labute approximate surface area is 104 Å². The molecule has 1 saturated carbocycles. The third kappa shape index (κ3) is 2.15. The third-order valence-corrected chi connectivity index (χ3v) is 3.82. The molecule has 1 aromatic carbocycles. The Hall–Kier alpha value is -1.49. The number of fused-ring (bicyclic) bond motifs is 1. The van der Waals surface area contributed by atoms with Gasteiger partial charge >= 0.3 is 5.97 Å². The van der Waals surface area contributed by atoms with Crippen LogP contribution in [0.2, 0.25) is 0 Å². The largest absolute Gasteiger partial charge is 0.426 e. The van der Waals surface area contributed by atoms with Crippen molar-refractivity contribution >= 4 is 24.1 Å². The summed E-state index contributed by atoms with van der Waals surface area (Å²) in [6.07, 6.45) is 4.82. The molecule has 0 bridgehead atoms. The summed E-state index contributed by atoms with van der Waals surface area (Å²) in [5.41, 5.74) is 1.04. The molecule has 17 heavy (non-hydrogen) atoms. The normalized spacial score (nSPS) is 17.9. The van der Waals surface area contributed by atoms with Crippen LogP contribution in [0, 0.1) is 5.92 Å². The van der Waals surface area contributed by atoms with E-state index in [1.165, 1.54) is 11.9 Å². The van der Waals surface area contributed by atoms with Crippen LogP contribution in [-0.2, 0) is 4.79 Å². The fourth-order valence-corrected chi connectivity index (χ4v) is 2.41. The van der Waals surface area contributed by atoms with Gasteiger partial charge in [-0.25, -0.2) is 4.83 Å². The highest BCUT2D eigenvalue weighted by molar-refractivity contribution is 7.97. The Morgan fingerprint density at radius 3 is 3.12 bits per heavy atom. The molecule has 1 fully saturated rings. The van der Waals surface area contributed by atoms with Crippen molar-refractivity contribution < 1.29 is 9.53 Å². The second-order valence-corrected chi connectivity index (χ2v) is 5.03. The molecule has 1 heterocycles. The molecule has 0 amide bonds. The van der Waals surface area contributed by atoms with Crippen molar-refractivity contribution in [3.63, 3.8) is 0 Å². The lowest BCUT2D eigenvalue weighted by molar-refractivity contribution is -0.141. The summed E-state index contributed by atoms with van der Waals surface area (Å²) in [5, 5.41) is 3.94. The average molecular weight is 248 g/mol. The van der Waals surface area contributed by atoms with E-state index >= 15 is 0 Å². The van der Waals surface area contributed by atoms with Crippen LogP contribution in [0.4, 0.5) is 0 Å². The minimum atomic E-state index is -0.0985. The van der Waals surface area contributed by atoms with Gasteiger partial charge in [0.05, 0.1) is 12.1 Å². The van der Waals surface area contributed by atoms with Crippen molar-refractivity contribution in [3.8, 4) is 5.75 Å². The molecule has 1 aliphatic carbocycles. The minimum Gasteiger partial charge on any atom is -0.426 e. The lowest BCUT2D eigenvalue weighted by atomic mass is 9.86. The van der Waals surface area contributed by atoms with Crippen molar-refractivity contribution in [2.75, 3.05) is 0 Å². The first kappa shape index (κ1) is 10.7. The zero-order valence-corrected chi connectivity index (χ0v) is 10.00. The summed E-state index contributed by atoms with van der Waals surface area (Å²) < 4.78 is 5.36. The van der Waals surface area contributed by atoms with Crippen LogP contribution in [0.3, 0.4) is 0 Å². The van der Waals surface area contributed by atoms with E-state index in [1.54, 1.807) is 6.21 Å². The van der Waals surface area contributed by atoms with Crippen LogP contribution in [0.5, 0.6) is 5.75 Å². The van der Waals surface area contributed by atoms with Gasteiger partial charge in [-0.15, -0.1) is 0 Å². The number of carbonyl (C=O) groups excluding carboxylic acids is 1. The van der Waals surface area contributed by atoms with Gasteiger partial charge in [0.15, 0.2) is 0 Å². The molecule has 1 aromatic rings. The Bertz CT molecular complexity index is 483. The number of benzene rings is 1. The molecule has 0 spiro atoms. The lowest BCUT2D eigenvalue weighted by Crippen LogP contribution is -2.26. The molecule has 0 atom stereocenters. The molecular formula is C12H12N2O2S. The smallest absolute Gasteiger partial charge is 0.314 e. The van der Waals surface area contributed by atoms with Gasteiger partial charge in [-0.3, -0.25) is 4.79 Å². The fraction of sp³-hybridized carbons (Fsp3) is 0.333.